The van der Waals surface area contributed by atoms with E-state index in [1.165, 1.54) is 0 Å². The maximum Gasteiger partial charge on any atom is 0.339 e. The minimum absolute atomic E-state index is 0.197. The van der Waals surface area contributed by atoms with Gasteiger partial charge in [-0.2, -0.15) is 0 Å². The van der Waals surface area contributed by atoms with Crippen molar-refractivity contribution in [3.63, 3.8) is 0 Å². The van der Waals surface area contributed by atoms with Crippen LogP contribution in [0.25, 0.3) is 21.2 Å². The van der Waals surface area contributed by atoms with Crippen LogP contribution in [0.3, 0.4) is 0 Å². The van der Waals surface area contributed by atoms with E-state index in [0.29, 0.717) is 29.4 Å². The van der Waals surface area contributed by atoms with Crippen LogP contribution in [0.1, 0.15) is 20.8 Å². The van der Waals surface area contributed by atoms with E-state index in [2.05, 4.69) is 6.07 Å². The van der Waals surface area contributed by atoms with Crippen molar-refractivity contribution < 1.29 is 28.5 Å². The molecule has 0 unspecified atom stereocenters. The second-order valence-electron chi connectivity index (χ2n) is 6.30. The normalized spacial score (nSPS) is 12.8. The molecule has 3 aromatic rings. The van der Waals surface area contributed by atoms with Crippen molar-refractivity contribution in [2.45, 2.75) is 13.2 Å². The molecule has 6 nitrogen and oxygen atoms in total. The number of ether oxygens (including phenoxy) is 5. The van der Waals surface area contributed by atoms with Crippen LogP contribution in [0.2, 0.25) is 0 Å². The molecular weight excluding hydrogens is 380 g/mol. The highest BCUT2D eigenvalue weighted by Crippen LogP contribution is 2.48. The van der Waals surface area contributed by atoms with Gasteiger partial charge in [0, 0.05) is 33.2 Å². The summed E-state index contributed by atoms with van der Waals surface area (Å²) in [5.74, 6) is 1.56. The van der Waals surface area contributed by atoms with E-state index in [1.54, 1.807) is 39.8 Å². The van der Waals surface area contributed by atoms with E-state index in [9.17, 15) is 4.79 Å². The third-order valence-corrected chi connectivity index (χ3v) is 5.92. The largest absolute Gasteiger partial charge is 0.496 e. The molecule has 0 fully saturated rings. The molecule has 1 aliphatic rings. The third kappa shape index (κ3) is 2.78. The second kappa shape index (κ2) is 7.33. The molecule has 4 rings (SSSR count). The van der Waals surface area contributed by atoms with E-state index in [0.717, 1.165) is 31.7 Å². The van der Waals surface area contributed by atoms with Crippen LogP contribution in [0.4, 0.5) is 0 Å². The molecule has 0 saturated heterocycles. The zero-order valence-corrected chi connectivity index (χ0v) is 16.9. The van der Waals surface area contributed by atoms with E-state index < -0.39 is 0 Å². The van der Waals surface area contributed by atoms with Gasteiger partial charge in [0.15, 0.2) is 11.5 Å². The Hall–Kier alpha value is -2.77. The number of cyclic esters (lactones) is 1. The molecule has 0 spiro atoms. The summed E-state index contributed by atoms with van der Waals surface area (Å²) >= 11 is 1.58. The van der Waals surface area contributed by atoms with Crippen molar-refractivity contribution in [1.82, 2.24) is 0 Å². The predicted octanol–water partition coefficient (Wildman–Crippen LogP) is 4.41. The average molecular weight is 400 g/mol. The van der Waals surface area contributed by atoms with E-state index in [1.807, 2.05) is 18.2 Å². The maximum absolute atomic E-state index is 12.6. The number of carbonyl (C=O) groups excluding carboxylic acids is 1. The number of benzene rings is 2. The maximum atomic E-state index is 12.6. The van der Waals surface area contributed by atoms with E-state index in [-0.39, 0.29) is 12.6 Å². The molecule has 2 heterocycles. The zero-order chi connectivity index (χ0) is 19.8. The highest BCUT2D eigenvalue weighted by molar-refractivity contribution is 7.19. The number of carbonyl (C=O) groups is 1. The first-order chi connectivity index (χ1) is 13.6. The topological polar surface area (TPSA) is 63.2 Å². The van der Waals surface area contributed by atoms with Gasteiger partial charge in [-0.25, -0.2) is 4.79 Å². The summed E-state index contributed by atoms with van der Waals surface area (Å²) < 4.78 is 28.1. The van der Waals surface area contributed by atoms with Gasteiger partial charge in [-0.05, 0) is 23.8 Å². The zero-order valence-electron chi connectivity index (χ0n) is 16.1. The molecule has 0 bridgehead atoms. The summed E-state index contributed by atoms with van der Waals surface area (Å²) in [6.45, 7) is 0.687. The van der Waals surface area contributed by atoms with Crippen molar-refractivity contribution in [2.24, 2.45) is 0 Å². The van der Waals surface area contributed by atoms with Gasteiger partial charge in [-0.15, -0.1) is 11.3 Å². The van der Waals surface area contributed by atoms with Crippen molar-refractivity contribution in [2.75, 3.05) is 28.4 Å². The Bertz CT molecular complexity index is 1070. The molecule has 0 radical (unpaired) electrons. The summed E-state index contributed by atoms with van der Waals surface area (Å²) in [5.41, 5.74) is 2.99. The minimum atomic E-state index is -0.346. The Kier molecular flexibility index (Phi) is 4.87. The summed E-state index contributed by atoms with van der Waals surface area (Å²) in [6.07, 6.45) is 0. The lowest BCUT2D eigenvalue weighted by molar-refractivity contribution is 0.0535. The molecule has 2 aromatic carbocycles. The molecule has 28 heavy (non-hydrogen) atoms. The van der Waals surface area contributed by atoms with Gasteiger partial charge in [0.05, 0.1) is 33.5 Å². The third-order valence-electron chi connectivity index (χ3n) is 4.80. The van der Waals surface area contributed by atoms with Gasteiger partial charge in [-0.1, -0.05) is 6.07 Å². The molecule has 0 saturated carbocycles. The lowest BCUT2D eigenvalue weighted by Gasteiger charge is -2.14. The number of esters is 1. The van der Waals surface area contributed by atoms with Crippen LogP contribution in [-0.2, 0) is 22.7 Å². The average Bonchev–Trinajstić information content (AvgIpc) is 3.29. The fourth-order valence-electron chi connectivity index (χ4n) is 3.62. The Morgan fingerprint density at radius 2 is 1.79 bits per heavy atom. The summed E-state index contributed by atoms with van der Waals surface area (Å²) in [6, 6.07) is 7.68. The van der Waals surface area contributed by atoms with E-state index >= 15 is 0 Å². The Morgan fingerprint density at radius 3 is 2.46 bits per heavy atom. The highest BCUT2D eigenvalue weighted by Gasteiger charge is 2.33. The summed E-state index contributed by atoms with van der Waals surface area (Å²) in [4.78, 5) is 13.7. The molecule has 0 N–H and O–H groups in total. The second-order valence-corrected chi connectivity index (χ2v) is 7.43. The van der Waals surface area contributed by atoms with Crippen LogP contribution in [0.5, 0.6) is 17.2 Å². The molecule has 0 amide bonds. The molecule has 1 aliphatic heterocycles. The molecule has 0 atom stereocenters. The highest BCUT2D eigenvalue weighted by atomic mass is 32.1. The van der Waals surface area contributed by atoms with Gasteiger partial charge in [-0.3, -0.25) is 0 Å². The van der Waals surface area contributed by atoms with Crippen molar-refractivity contribution in [3.8, 4) is 28.4 Å². The van der Waals surface area contributed by atoms with Crippen LogP contribution in [0, 0.1) is 0 Å². The number of methoxy groups -OCH3 is 4. The molecule has 0 aliphatic carbocycles. The Morgan fingerprint density at radius 1 is 1.00 bits per heavy atom. The van der Waals surface area contributed by atoms with Gasteiger partial charge in [0.1, 0.15) is 12.4 Å². The Balaban J connectivity index is 2.07. The molecule has 1 aromatic heterocycles. The number of hydrogen-bond acceptors (Lipinski definition) is 7. The smallest absolute Gasteiger partial charge is 0.339 e. The SMILES string of the molecule is COCc1cc2c(OC)c3c(c(-c4ccc(OC)c(OC)c4)c2s1)C(=O)OC3. The molecule has 146 valence electrons. The summed E-state index contributed by atoms with van der Waals surface area (Å²) in [5, 5.41) is 0.946. The molecule has 7 heteroatoms. The van der Waals surface area contributed by atoms with Crippen LogP contribution < -0.4 is 14.2 Å². The fraction of sp³-hybridized carbons (Fsp3) is 0.286. The lowest BCUT2D eigenvalue weighted by atomic mass is 9.93. The van der Waals surface area contributed by atoms with Crippen LogP contribution >= 0.6 is 11.3 Å². The first-order valence-corrected chi connectivity index (χ1v) is 9.48. The van der Waals surface area contributed by atoms with Crippen molar-refractivity contribution in [1.29, 1.82) is 0 Å². The monoisotopic (exact) mass is 400 g/mol. The standard InChI is InChI=1S/C21H20O6S/c1-23-9-12-8-13-19(26-4)14-10-27-21(22)18(14)17(20(13)28-12)11-5-6-15(24-2)16(7-11)25-3/h5-8H,9-10H2,1-4H3. The van der Waals surface area contributed by atoms with Crippen molar-refractivity contribution >= 4 is 27.4 Å². The first-order valence-electron chi connectivity index (χ1n) is 8.66. The fourth-order valence-corrected chi connectivity index (χ4v) is 4.82. The van der Waals surface area contributed by atoms with Crippen LogP contribution in [-0.4, -0.2) is 34.4 Å². The van der Waals surface area contributed by atoms with Gasteiger partial charge in [0.25, 0.3) is 0 Å². The lowest BCUT2D eigenvalue weighted by Crippen LogP contribution is -2.00. The van der Waals surface area contributed by atoms with Gasteiger partial charge >= 0.3 is 5.97 Å². The van der Waals surface area contributed by atoms with Gasteiger partial charge < -0.3 is 23.7 Å². The van der Waals surface area contributed by atoms with E-state index in [4.69, 9.17) is 23.7 Å². The quantitative estimate of drug-likeness (QED) is 0.571. The minimum Gasteiger partial charge on any atom is -0.496 e. The number of fused-ring (bicyclic) bond motifs is 2. The van der Waals surface area contributed by atoms with Crippen LogP contribution in [0.15, 0.2) is 24.3 Å². The van der Waals surface area contributed by atoms with Crippen molar-refractivity contribution in [3.05, 3.63) is 40.3 Å². The summed E-state index contributed by atoms with van der Waals surface area (Å²) in [7, 11) is 6.45. The number of hydrogen-bond donors (Lipinski definition) is 0. The molecular formula is C21H20O6S. The predicted molar refractivity (Wildman–Crippen MR) is 107 cm³/mol. The number of rotatable bonds is 6. The Labute approximate surface area is 166 Å². The van der Waals surface area contributed by atoms with Gasteiger partial charge in [0.2, 0.25) is 0 Å². The number of thiophene rings is 1. The first kappa shape index (κ1) is 18.6.